The first-order valence-electron chi connectivity index (χ1n) is 54.1. The maximum absolute atomic E-state index is 13.8. The van der Waals surface area contributed by atoms with Crippen LogP contribution in [-0.2, 0) is 45.2 Å². The third kappa shape index (κ3) is 17.1. The number of rotatable bonds is 15. The molecule has 8 aromatic rings. The van der Waals surface area contributed by atoms with Crippen molar-refractivity contribution in [3.63, 3.8) is 0 Å². The molecular formula is C114H153F3N10O8. The summed E-state index contributed by atoms with van der Waals surface area (Å²) in [5.41, 5.74) is 3.16. The molecule has 0 amide bonds. The van der Waals surface area contributed by atoms with Crippen molar-refractivity contribution in [3.8, 4) is 0 Å². The van der Waals surface area contributed by atoms with Crippen molar-refractivity contribution in [2.75, 3.05) is 0 Å². The Morgan fingerprint density at radius 2 is 0.733 bits per heavy atom. The van der Waals surface area contributed by atoms with E-state index in [2.05, 4.69) is 102 Å². The highest BCUT2D eigenvalue weighted by molar-refractivity contribution is 5.91. The van der Waals surface area contributed by atoms with Gasteiger partial charge < -0.3 is 20.4 Å². The molecule has 0 bridgehead atoms. The average Bonchev–Trinajstić information content (AvgIpc) is 1.66. The second-order valence-electron chi connectivity index (χ2n) is 49.3. The van der Waals surface area contributed by atoms with Crippen LogP contribution in [0.25, 0.3) is 43.9 Å². The van der Waals surface area contributed by atoms with Crippen LogP contribution >= 0.6 is 0 Å². The highest BCUT2D eigenvalue weighted by Gasteiger charge is 2.65. The molecule has 4 aromatic carbocycles. The third-order valence-electron chi connectivity index (χ3n) is 43.4. The molecule has 728 valence electrons. The van der Waals surface area contributed by atoms with E-state index in [1.54, 1.807) is 27.6 Å². The Morgan fingerprint density at radius 1 is 0.356 bits per heavy atom. The predicted octanol–water partition coefficient (Wildman–Crippen LogP) is 23.0. The van der Waals surface area contributed by atoms with Crippen LogP contribution in [0.1, 0.15) is 311 Å². The van der Waals surface area contributed by atoms with Crippen LogP contribution in [0.2, 0.25) is 0 Å². The number of aliphatic hydroxyl groups is 4. The SMILES string of the molecule is CC[C@@]1(O)CC[C@H]2[C@H](CC[C@@H]3[C@@H]2CC[C@]2(C)[C@@H](C(=O)Cn4nc5ccc(F)cc5n4)CC[C@@H]32)C1.CC[C@@]1(O)CC[C@H]2[C@H](CC[C@@H]3[C@@H]2CC[C@]2(C)[C@@H](C(=O)Cn4nnc5cc(F)ccc54)CC[C@@H]32)C1.CC[C@@]1(O)CC[C@H]2[C@H](CC[C@@H]3[C@@H]2CC[C@]2(C)[C@@H](C(=O)Cn4nnc5ccc(F)cc54)CC[C@@H]32)C1.C[C@@]1(O)CC[C@H]2[C@H](CC[C@@H]3[C@@H]2CC[C@]2(C)[C@@H](C(=O)Cc4nccc5ccccc45)CC[C@@H]32)C1. The number of carbonyl (C=O) groups excluding carboxylic acids is 4. The number of Topliss-reactive ketones (excluding diaryl/α,β-unsaturated/α-hetero) is 4. The van der Waals surface area contributed by atoms with E-state index in [-0.39, 0.29) is 99.8 Å². The lowest BCUT2D eigenvalue weighted by molar-refractivity contribution is -0.134. The van der Waals surface area contributed by atoms with Gasteiger partial charge in [-0.1, -0.05) is 83.2 Å². The first-order valence-corrected chi connectivity index (χ1v) is 54.1. The van der Waals surface area contributed by atoms with Crippen molar-refractivity contribution in [1.82, 2.24) is 50.0 Å². The monoisotopic (exact) mass is 1850 g/mol. The molecule has 0 radical (unpaired) electrons. The van der Waals surface area contributed by atoms with Crippen LogP contribution in [0.15, 0.2) is 91.1 Å². The van der Waals surface area contributed by atoms with Crippen LogP contribution in [0.3, 0.4) is 0 Å². The number of fused-ring (bicyclic) bond motifs is 24. The fourth-order valence-corrected chi connectivity index (χ4v) is 36.5. The smallest absolute Gasteiger partial charge is 0.159 e. The Kier molecular flexibility index (Phi) is 25.4. The third-order valence-corrected chi connectivity index (χ3v) is 43.4. The van der Waals surface area contributed by atoms with Gasteiger partial charge in [0, 0.05) is 59.9 Å². The molecule has 32 atom stereocenters. The van der Waals surface area contributed by atoms with Gasteiger partial charge in [0.2, 0.25) is 0 Å². The van der Waals surface area contributed by atoms with E-state index in [9.17, 15) is 52.8 Å². The Bertz CT molecular complexity index is 5710. The van der Waals surface area contributed by atoms with Gasteiger partial charge >= 0.3 is 0 Å². The van der Waals surface area contributed by atoms with Crippen molar-refractivity contribution in [2.24, 2.45) is 164 Å². The molecule has 4 heterocycles. The van der Waals surface area contributed by atoms with E-state index >= 15 is 0 Å². The standard InChI is InChI=1S/C30H39NO2.3C28H38FN3O2/c1-29(33)14-11-21-20(18-29)7-8-24-23(21)12-15-30(2)25(24)9-10-26(30)28(32)17-27-22-6-4-3-5-19(22)13-16-31-27;1-3-28(34)13-11-19-17(15-28)4-6-21-20(19)10-12-27(2)22(21)7-8-23(27)26(33)16-32-25-9-5-18(29)14-24(25)30-31-32;1-3-28(34)13-11-19-17(15-28)4-6-21-20(19)10-12-27(2)22(21)7-8-23(27)26(33)16-32-25-14-18(29)5-9-24(25)30-31-32;1-3-28(34)13-11-19-17(15-28)4-6-21-20(19)10-12-27(2)22(21)7-8-23(27)26(33)16-32-30-24-9-5-18(29)14-25(24)31-32/h3-6,13,16,20-21,23-26,33H,7-12,14-15,17-18H2,1-2H3;3*5,9,14,17,19-23,34H,3-4,6-8,10-13,15-16H2,1-2H3/t20-,21+,23-,24-,25+,26-,29-,30+;3*17-,19+,20-,21-,22+,23-,27+,28-/m1111/s1. The van der Waals surface area contributed by atoms with E-state index in [1.165, 1.54) is 162 Å². The maximum atomic E-state index is 13.8. The zero-order chi connectivity index (χ0) is 93.8. The van der Waals surface area contributed by atoms with E-state index in [1.807, 2.05) is 25.3 Å². The molecule has 24 rings (SSSR count). The minimum absolute atomic E-state index is 0.0560. The molecular weight excluding hydrogens is 1690 g/mol. The van der Waals surface area contributed by atoms with Gasteiger partial charge in [0.05, 0.1) is 39.1 Å². The largest absolute Gasteiger partial charge is 0.390 e. The first kappa shape index (κ1) is 94.1. The lowest BCUT2D eigenvalue weighted by Gasteiger charge is -2.57. The summed E-state index contributed by atoms with van der Waals surface area (Å²) in [5.74, 6) is 15.2. The predicted molar refractivity (Wildman–Crippen MR) is 517 cm³/mol. The Balaban J connectivity index is 0.000000108. The highest BCUT2D eigenvalue weighted by Crippen LogP contribution is 2.71. The molecule has 135 heavy (non-hydrogen) atoms. The molecule has 0 aliphatic heterocycles. The average molecular weight is 1850 g/mol. The Morgan fingerprint density at radius 3 is 1.20 bits per heavy atom. The number of ketones is 4. The van der Waals surface area contributed by atoms with Crippen LogP contribution in [0.5, 0.6) is 0 Å². The fraction of sp³-hybridized carbons (Fsp3) is 0.728. The van der Waals surface area contributed by atoms with Gasteiger partial charge in [-0.15, -0.1) is 10.2 Å². The van der Waals surface area contributed by atoms with Crippen molar-refractivity contribution >= 4 is 67.0 Å². The van der Waals surface area contributed by atoms with Gasteiger partial charge in [-0.25, -0.2) is 22.5 Å². The zero-order valence-corrected chi connectivity index (χ0v) is 82.0. The van der Waals surface area contributed by atoms with Crippen molar-refractivity contribution in [2.45, 2.75) is 354 Å². The Hall–Kier alpha value is -7.20. The van der Waals surface area contributed by atoms with E-state index in [0.29, 0.717) is 81.2 Å². The molecule has 16 fully saturated rings. The van der Waals surface area contributed by atoms with Crippen molar-refractivity contribution in [3.05, 3.63) is 114 Å². The molecule has 16 saturated carbocycles. The summed E-state index contributed by atoms with van der Waals surface area (Å²) in [5, 5.41) is 71.0. The van der Waals surface area contributed by atoms with Crippen LogP contribution in [0.4, 0.5) is 13.2 Å². The maximum Gasteiger partial charge on any atom is 0.159 e. The lowest BCUT2D eigenvalue weighted by Crippen LogP contribution is -2.51. The zero-order valence-electron chi connectivity index (χ0n) is 82.0. The second kappa shape index (κ2) is 36.4. The summed E-state index contributed by atoms with van der Waals surface area (Å²) in [4.78, 5) is 60.5. The minimum atomic E-state index is -0.447. The second-order valence-corrected chi connectivity index (χ2v) is 49.3. The van der Waals surface area contributed by atoms with E-state index in [4.69, 9.17) is 0 Å². The molecule has 4 N–H and O–H groups in total. The number of hydrogen-bond acceptors (Lipinski definition) is 15. The minimum Gasteiger partial charge on any atom is -0.390 e. The van der Waals surface area contributed by atoms with Crippen molar-refractivity contribution in [1.29, 1.82) is 0 Å². The van der Waals surface area contributed by atoms with Gasteiger partial charge in [0.15, 0.2) is 17.3 Å². The molecule has 0 saturated heterocycles. The molecule has 0 spiro atoms. The number of aromatic nitrogens is 10. The molecule has 0 unspecified atom stereocenters. The summed E-state index contributed by atoms with van der Waals surface area (Å²) in [6.07, 6.45) is 46.0. The van der Waals surface area contributed by atoms with Crippen molar-refractivity contribution < 1.29 is 52.8 Å². The summed E-state index contributed by atoms with van der Waals surface area (Å²) in [6.45, 7) is 18.6. The number of nitrogens with zero attached hydrogens (tertiary/aromatic N) is 10. The molecule has 4 aromatic heterocycles. The van der Waals surface area contributed by atoms with Gasteiger partial charge in [-0.05, 0) is 445 Å². The van der Waals surface area contributed by atoms with Gasteiger partial charge in [0.1, 0.15) is 64.9 Å². The van der Waals surface area contributed by atoms with Gasteiger partial charge in [-0.2, -0.15) is 15.0 Å². The van der Waals surface area contributed by atoms with Gasteiger partial charge in [-0.3, -0.25) is 24.2 Å². The summed E-state index contributed by atoms with van der Waals surface area (Å²) in [7, 11) is 0. The molecule has 18 nitrogen and oxygen atoms in total. The molecule has 21 heteroatoms. The molecule has 16 aliphatic rings. The number of halogens is 3. The first-order chi connectivity index (χ1) is 64.8. The summed E-state index contributed by atoms with van der Waals surface area (Å²) < 4.78 is 44.1. The van der Waals surface area contributed by atoms with E-state index < -0.39 is 22.4 Å². The summed E-state index contributed by atoms with van der Waals surface area (Å²) >= 11 is 0. The number of benzene rings is 4. The Labute approximate surface area is 797 Å². The number of pyridine rings is 1. The van der Waals surface area contributed by atoms with Gasteiger partial charge in [0.25, 0.3) is 0 Å². The number of hydrogen-bond donors (Lipinski definition) is 4. The molecule has 16 aliphatic carbocycles. The highest BCUT2D eigenvalue weighted by atomic mass is 19.1. The fourth-order valence-electron chi connectivity index (χ4n) is 36.5. The number of carbonyl (C=O) groups is 4. The van der Waals surface area contributed by atoms with E-state index in [0.717, 1.165) is 228 Å². The summed E-state index contributed by atoms with van der Waals surface area (Å²) in [6, 6.07) is 23.6. The van der Waals surface area contributed by atoms with Crippen LogP contribution in [0, 0.1) is 181 Å². The van der Waals surface area contributed by atoms with Crippen LogP contribution < -0.4 is 0 Å². The topological polar surface area (TPSA) is 254 Å². The quantitative estimate of drug-likeness (QED) is 0.0744. The lowest BCUT2D eigenvalue weighted by atomic mass is 9.48. The normalized spacial score (nSPS) is 41.8. The van der Waals surface area contributed by atoms with Crippen LogP contribution in [-0.4, -0.2) is 116 Å².